The zero-order chi connectivity index (χ0) is 22.1. The van der Waals surface area contributed by atoms with Crippen molar-refractivity contribution in [2.24, 2.45) is 5.92 Å². The highest BCUT2D eigenvalue weighted by Crippen LogP contribution is 2.25. The number of aryl methyl sites for hydroxylation is 1. The molecule has 31 heavy (non-hydrogen) atoms. The number of carbonyl (C=O) groups excluding carboxylic acids is 2. The first-order valence-corrected chi connectivity index (χ1v) is 10.9. The molecule has 2 aromatic rings. The van der Waals surface area contributed by atoms with Crippen LogP contribution in [0.3, 0.4) is 0 Å². The second-order valence-corrected chi connectivity index (χ2v) is 7.92. The van der Waals surface area contributed by atoms with Gasteiger partial charge in [0.2, 0.25) is 11.8 Å². The largest absolute Gasteiger partial charge is 0.497 e. The third kappa shape index (κ3) is 6.77. The predicted octanol–water partition coefficient (Wildman–Crippen LogP) is 3.56. The Morgan fingerprint density at radius 2 is 2.06 bits per heavy atom. The van der Waals surface area contributed by atoms with Crippen LogP contribution in [0, 0.1) is 5.92 Å². The van der Waals surface area contributed by atoms with E-state index >= 15 is 0 Å². The molecule has 2 heterocycles. The Morgan fingerprint density at radius 3 is 2.81 bits per heavy atom. The number of likely N-dealkylation sites (tertiary alicyclic amines) is 1. The number of piperidine rings is 1. The third-order valence-electron chi connectivity index (χ3n) is 5.79. The first kappa shape index (κ1) is 22.7. The van der Waals surface area contributed by atoms with Gasteiger partial charge in [-0.1, -0.05) is 0 Å². The second kappa shape index (κ2) is 11.4. The van der Waals surface area contributed by atoms with Gasteiger partial charge in [0.05, 0.1) is 20.5 Å². The predicted molar refractivity (Wildman–Crippen MR) is 117 cm³/mol. The summed E-state index contributed by atoms with van der Waals surface area (Å²) in [6, 6.07) is 9.29. The first-order chi connectivity index (χ1) is 15.1. The normalized spacial score (nSPS) is 16.1. The van der Waals surface area contributed by atoms with E-state index in [0.29, 0.717) is 43.2 Å². The molecule has 1 aromatic heterocycles. The summed E-state index contributed by atoms with van der Waals surface area (Å²) in [5, 5.41) is 2.97. The molecule has 0 radical (unpaired) electrons. The molecule has 2 amide bonds. The monoisotopic (exact) mass is 428 g/mol. The number of amides is 2. The number of nitrogens with zero attached hydrogens (tertiary/aromatic N) is 1. The molecule has 1 N–H and O–H groups in total. The van der Waals surface area contributed by atoms with Gasteiger partial charge in [-0.3, -0.25) is 9.59 Å². The first-order valence-electron chi connectivity index (χ1n) is 10.9. The molecule has 0 aliphatic carbocycles. The van der Waals surface area contributed by atoms with Crippen molar-refractivity contribution >= 4 is 11.8 Å². The summed E-state index contributed by atoms with van der Waals surface area (Å²) in [5.74, 6) is 2.79. The minimum atomic E-state index is 0.0131. The summed E-state index contributed by atoms with van der Waals surface area (Å²) in [5.41, 5.74) is 0.905. The molecule has 0 unspecified atom stereocenters. The number of nitrogens with one attached hydrogen (secondary N) is 1. The molecule has 0 spiro atoms. The highest BCUT2D eigenvalue weighted by molar-refractivity contribution is 5.77. The van der Waals surface area contributed by atoms with Crippen molar-refractivity contribution in [2.45, 2.75) is 45.1 Å². The Bertz CT molecular complexity index is 850. The van der Waals surface area contributed by atoms with E-state index in [0.717, 1.165) is 43.7 Å². The maximum atomic E-state index is 12.5. The van der Waals surface area contributed by atoms with E-state index in [1.165, 1.54) is 0 Å². The van der Waals surface area contributed by atoms with Gasteiger partial charge in [-0.2, -0.15) is 0 Å². The van der Waals surface area contributed by atoms with Crippen molar-refractivity contribution in [1.82, 2.24) is 10.2 Å². The van der Waals surface area contributed by atoms with E-state index in [4.69, 9.17) is 13.9 Å². The van der Waals surface area contributed by atoms with Crippen LogP contribution in [0.25, 0.3) is 0 Å². The molecule has 0 bridgehead atoms. The number of hydrogen-bond donors (Lipinski definition) is 1. The van der Waals surface area contributed by atoms with Crippen LogP contribution < -0.4 is 14.8 Å². The quantitative estimate of drug-likeness (QED) is 0.626. The number of ether oxygens (including phenoxy) is 2. The Kier molecular flexibility index (Phi) is 8.38. The van der Waals surface area contributed by atoms with Crippen LogP contribution in [0.5, 0.6) is 11.5 Å². The van der Waals surface area contributed by atoms with Gasteiger partial charge >= 0.3 is 0 Å². The van der Waals surface area contributed by atoms with E-state index in [2.05, 4.69) is 5.32 Å². The number of methoxy groups -OCH3 is 2. The molecule has 1 aliphatic heterocycles. The topological polar surface area (TPSA) is 81.0 Å². The number of rotatable bonds is 10. The van der Waals surface area contributed by atoms with Gasteiger partial charge in [0.15, 0.2) is 0 Å². The van der Waals surface area contributed by atoms with Gasteiger partial charge in [-0.05, 0) is 49.4 Å². The number of furan rings is 1. The lowest BCUT2D eigenvalue weighted by Gasteiger charge is -2.32. The molecule has 7 nitrogen and oxygen atoms in total. The fraction of sp³-hybridized carbons (Fsp3) is 0.500. The molecular formula is C24H32N2O5. The highest BCUT2D eigenvalue weighted by atomic mass is 16.5. The molecule has 168 valence electrons. The summed E-state index contributed by atoms with van der Waals surface area (Å²) in [4.78, 5) is 26.8. The van der Waals surface area contributed by atoms with E-state index in [1.54, 1.807) is 26.5 Å². The van der Waals surface area contributed by atoms with Crippen LogP contribution >= 0.6 is 0 Å². The van der Waals surface area contributed by atoms with E-state index in [1.807, 2.05) is 29.2 Å². The standard InChI is InChI=1S/C24H32N2O5/c1-29-21-9-8-19(22(15-21)30-2)16-25-23(27)11-7-18-5-3-13-26(17-18)24(28)12-10-20-6-4-14-31-20/h4,6,8-9,14-15,18H,3,5,7,10-13,16-17H2,1-2H3,(H,25,27)/t18-/m0/s1. The summed E-state index contributed by atoms with van der Waals surface area (Å²) < 4.78 is 15.9. The van der Waals surface area contributed by atoms with Crippen LogP contribution in [-0.2, 0) is 22.6 Å². The summed E-state index contributed by atoms with van der Waals surface area (Å²) in [6.45, 7) is 1.95. The molecule has 7 heteroatoms. The summed E-state index contributed by atoms with van der Waals surface area (Å²) >= 11 is 0. The van der Waals surface area contributed by atoms with Crippen molar-refractivity contribution in [3.8, 4) is 11.5 Å². The average Bonchev–Trinajstić information content (AvgIpc) is 3.33. The SMILES string of the molecule is COc1ccc(CNC(=O)CC[C@@H]2CCCN(C(=O)CCc3ccco3)C2)c(OC)c1. The number of hydrogen-bond acceptors (Lipinski definition) is 5. The van der Waals surface area contributed by atoms with Gasteiger partial charge in [0, 0.05) is 50.5 Å². The second-order valence-electron chi connectivity index (χ2n) is 7.92. The molecule has 1 atom stereocenters. The van der Waals surface area contributed by atoms with Crippen molar-refractivity contribution in [3.05, 3.63) is 47.9 Å². The van der Waals surface area contributed by atoms with Crippen LogP contribution in [-0.4, -0.2) is 44.0 Å². The van der Waals surface area contributed by atoms with Gasteiger partial charge < -0.3 is 24.1 Å². The average molecular weight is 429 g/mol. The van der Waals surface area contributed by atoms with E-state index in [-0.39, 0.29) is 11.8 Å². The lowest BCUT2D eigenvalue weighted by Crippen LogP contribution is -2.40. The van der Waals surface area contributed by atoms with Gasteiger partial charge in [0.1, 0.15) is 17.3 Å². The Balaban J connectivity index is 1.40. The summed E-state index contributed by atoms with van der Waals surface area (Å²) in [7, 11) is 3.21. The zero-order valence-corrected chi connectivity index (χ0v) is 18.4. The molecule has 3 rings (SSSR count). The molecular weight excluding hydrogens is 396 g/mol. The Morgan fingerprint density at radius 1 is 1.19 bits per heavy atom. The van der Waals surface area contributed by atoms with E-state index in [9.17, 15) is 9.59 Å². The third-order valence-corrected chi connectivity index (χ3v) is 5.79. The van der Waals surface area contributed by atoms with Crippen molar-refractivity contribution in [3.63, 3.8) is 0 Å². The van der Waals surface area contributed by atoms with Crippen molar-refractivity contribution in [2.75, 3.05) is 27.3 Å². The Hall–Kier alpha value is -2.96. The maximum absolute atomic E-state index is 12.5. The highest BCUT2D eigenvalue weighted by Gasteiger charge is 2.24. The van der Waals surface area contributed by atoms with Gasteiger partial charge in [-0.15, -0.1) is 0 Å². The van der Waals surface area contributed by atoms with Crippen molar-refractivity contribution in [1.29, 1.82) is 0 Å². The molecule has 1 saturated heterocycles. The fourth-order valence-corrected chi connectivity index (χ4v) is 3.99. The van der Waals surface area contributed by atoms with Crippen LogP contribution in [0.2, 0.25) is 0 Å². The van der Waals surface area contributed by atoms with Crippen LogP contribution in [0.15, 0.2) is 41.0 Å². The van der Waals surface area contributed by atoms with Gasteiger partial charge in [0.25, 0.3) is 0 Å². The van der Waals surface area contributed by atoms with Gasteiger partial charge in [-0.25, -0.2) is 0 Å². The zero-order valence-electron chi connectivity index (χ0n) is 18.4. The van der Waals surface area contributed by atoms with Crippen LogP contribution in [0.1, 0.15) is 43.4 Å². The molecule has 0 saturated carbocycles. The number of carbonyl (C=O) groups is 2. The van der Waals surface area contributed by atoms with Crippen molar-refractivity contribution < 1.29 is 23.5 Å². The molecule has 1 aliphatic rings. The lowest BCUT2D eigenvalue weighted by molar-refractivity contribution is -0.133. The summed E-state index contributed by atoms with van der Waals surface area (Å²) in [6.07, 6.45) is 6.01. The number of benzene rings is 1. The maximum Gasteiger partial charge on any atom is 0.223 e. The smallest absolute Gasteiger partial charge is 0.223 e. The minimum absolute atomic E-state index is 0.0131. The Labute approximate surface area is 183 Å². The van der Waals surface area contributed by atoms with Crippen LogP contribution in [0.4, 0.5) is 0 Å². The minimum Gasteiger partial charge on any atom is -0.497 e. The molecule has 1 fully saturated rings. The fourth-order valence-electron chi connectivity index (χ4n) is 3.99. The van der Waals surface area contributed by atoms with E-state index < -0.39 is 0 Å². The molecule has 1 aromatic carbocycles. The lowest BCUT2D eigenvalue weighted by atomic mass is 9.93.